The number of hydrogen-bond acceptors (Lipinski definition) is 6. The van der Waals surface area contributed by atoms with E-state index in [1.807, 2.05) is 6.07 Å². The molecule has 1 fully saturated rings. The van der Waals surface area contributed by atoms with Crippen LogP contribution in [0.25, 0.3) is 0 Å². The van der Waals surface area contributed by atoms with Crippen LogP contribution in [0.3, 0.4) is 0 Å². The van der Waals surface area contributed by atoms with Gasteiger partial charge in [-0.1, -0.05) is 18.6 Å². The van der Waals surface area contributed by atoms with Crippen molar-refractivity contribution in [1.29, 1.82) is 5.26 Å². The third kappa shape index (κ3) is 5.97. The molecule has 1 aliphatic heterocycles. The fraction of sp³-hybridized carbons (Fsp3) is 0.364. The Kier molecular flexibility index (Phi) is 7.86. The summed E-state index contributed by atoms with van der Waals surface area (Å²) in [6, 6.07) is 13.7. The first-order valence-electron chi connectivity index (χ1n) is 10.5. The van der Waals surface area contributed by atoms with E-state index in [2.05, 4.69) is 5.32 Å². The Hall–Kier alpha value is -2.78. The Labute approximate surface area is 194 Å². The summed E-state index contributed by atoms with van der Waals surface area (Å²) in [5, 5.41) is 11.5. The first-order chi connectivity index (χ1) is 15.6. The fourth-order valence-electron chi connectivity index (χ4n) is 3.50. The highest BCUT2D eigenvalue weighted by Crippen LogP contribution is 2.21. The number of carbonyl (C=O) groups is 1. The van der Waals surface area contributed by atoms with Gasteiger partial charge in [0.05, 0.1) is 28.0 Å². The van der Waals surface area contributed by atoms with Crippen LogP contribution >= 0.6 is 0 Å². The van der Waals surface area contributed by atoms with Gasteiger partial charge in [-0.25, -0.2) is 16.8 Å². The van der Waals surface area contributed by atoms with Gasteiger partial charge in [-0.2, -0.15) is 13.9 Å². The molecule has 9 nitrogen and oxygen atoms in total. The smallest absolute Gasteiger partial charge is 0.243 e. The summed E-state index contributed by atoms with van der Waals surface area (Å²) in [5.41, 5.74) is 0.929. The zero-order valence-corrected chi connectivity index (χ0v) is 19.9. The monoisotopic (exact) mass is 490 g/mol. The predicted octanol–water partition coefficient (Wildman–Crippen LogP) is 1.67. The second-order valence-corrected chi connectivity index (χ2v) is 11.8. The Balaban J connectivity index is 1.61. The minimum absolute atomic E-state index is 0.0209. The van der Waals surface area contributed by atoms with Crippen molar-refractivity contribution in [2.24, 2.45) is 0 Å². The number of carbonyl (C=O) groups excluding carboxylic acids is 1. The van der Waals surface area contributed by atoms with E-state index in [1.165, 1.54) is 47.8 Å². The van der Waals surface area contributed by atoms with E-state index in [1.54, 1.807) is 12.1 Å². The maximum atomic E-state index is 12.9. The highest BCUT2D eigenvalue weighted by molar-refractivity contribution is 7.89. The standard InChI is InChI=1S/C22H26N4O5S2/c1-25(32(28,29)20-10-8-18(15-23)9-11-20)17-22(27)24-16-19-6-5-7-21(14-19)33(30,31)26-12-3-2-4-13-26/h5-11,14H,2-4,12-13,16-17H2,1H3,(H,24,27). The largest absolute Gasteiger partial charge is 0.351 e. The number of likely N-dealkylation sites (N-methyl/N-ethyl adjacent to an activating group) is 1. The van der Waals surface area contributed by atoms with Crippen LogP contribution in [0.5, 0.6) is 0 Å². The molecule has 0 unspecified atom stereocenters. The quantitative estimate of drug-likeness (QED) is 0.600. The second-order valence-electron chi connectivity index (χ2n) is 7.79. The average Bonchev–Trinajstić information content (AvgIpc) is 2.83. The van der Waals surface area contributed by atoms with Gasteiger partial charge in [0.2, 0.25) is 26.0 Å². The lowest BCUT2D eigenvalue weighted by atomic mass is 10.2. The number of amides is 1. The molecule has 1 N–H and O–H groups in total. The van der Waals surface area contributed by atoms with E-state index in [9.17, 15) is 21.6 Å². The van der Waals surface area contributed by atoms with Crippen LogP contribution < -0.4 is 5.32 Å². The molecule has 3 rings (SSSR count). The van der Waals surface area contributed by atoms with Crippen molar-refractivity contribution < 1.29 is 21.6 Å². The lowest BCUT2D eigenvalue weighted by molar-refractivity contribution is -0.121. The number of nitrogens with zero attached hydrogens (tertiary/aromatic N) is 3. The average molecular weight is 491 g/mol. The number of nitrogens with one attached hydrogen (secondary N) is 1. The summed E-state index contributed by atoms with van der Waals surface area (Å²) in [5.74, 6) is -0.529. The highest BCUT2D eigenvalue weighted by atomic mass is 32.2. The molecule has 1 aliphatic rings. The van der Waals surface area contributed by atoms with Gasteiger partial charge in [0.15, 0.2) is 0 Å². The molecule has 0 aliphatic carbocycles. The molecule has 0 bridgehead atoms. The molecule has 0 radical (unpaired) electrons. The maximum absolute atomic E-state index is 12.9. The SMILES string of the molecule is CN(CC(=O)NCc1cccc(S(=O)(=O)N2CCCCC2)c1)S(=O)(=O)c1ccc(C#N)cc1. The number of hydrogen-bond donors (Lipinski definition) is 1. The van der Waals surface area contributed by atoms with Gasteiger partial charge < -0.3 is 5.32 Å². The van der Waals surface area contributed by atoms with E-state index in [0.717, 1.165) is 23.6 Å². The summed E-state index contributed by atoms with van der Waals surface area (Å²) in [7, 11) is -6.20. The van der Waals surface area contributed by atoms with Gasteiger partial charge in [-0.05, 0) is 54.8 Å². The molecule has 176 valence electrons. The molecule has 1 amide bonds. The van der Waals surface area contributed by atoms with Crippen LogP contribution in [0.4, 0.5) is 0 Å². The van der Waals surface area contributed by atoms with E-state index in [-0.39, 0.29) is 16.3 Å². The van der Waals surface area contributed by atoms with Crippen molar-refractivity contribution in [3.05, 3.63) is 59.7 Å². The molecule has 0 atom stereocenters. The van der Waals surface area contributed by atoms with Gasteiger partial charge in [-0.15, -0.1) is 0 Å². The minimum Gasteiger partial charge on any atom is -0.351 e. The van der Waals surface area contributed by atoms with Crippen molar-refractivity contribution in [3.63, 3.8) is 0 Å². The molecule has 2 aromatic carbocycles. The highest BCUT2D eigenvalue weighted by Gasteiger charge is 2.26. The van der Waals surface area contributed by atoms with Crippen molar-refractivity contribution >= 4 is 26.0 Å². The lowest BCUT2D eigenvalue weighted by Gasteiger charge is -2.26. The predicted molar refractivity (Wildman–Crippen MR) is 122 cm³/mol. The third-order valence-electron chi connectivity index (χ3n) is 5.40. The Morgan fingerprint density at radius 1 is 1.03 bits per heavy atom. The third-order valence-corrected chi connectivity index (χ3v) is 9.11. The van der Waals surface area contributed by atoms with Crippen molar-refractivity contribution in [1.82, 2.24) is 13.9 Å². The number of benzene rings is 2. The summed E-state index contributed by atoms with van der Waals surface area (Å²) < 4.78 is 53.4. The first-order valence-corrected chi connectivity index (χ1v) is 13.3. The van der Waals surface area contributed by atoms with E-state index in [0.29, 0.717) is 24.2 Å². The van der Waals surface area contributed by atoms with Crippen LogP contribution in [-0.2, 0) is 31.4 Å². The van der Waals surface area contributed by atoms with Crippen molar-refractivity contribution in [2.45, 2.75) is 35.6 Å². The van der Waals surface area contributed by atoms with Crippen LogP contribution in [-0.4, -0.2) is 58.0 Å². The van der Waals surface area contributed by atoms with Gasteiger partial charge in [0, 0.05) is 26.7 Å². The van der Waals surface area contributed by atoms with Gasteiger partial charge >= 0.3 is 0 Å². The molecular formula is C22H26N4O5S2. The minimum atomic E-state index is -3.90. The van der Waals surface area contributed by atoms with Gasteiger partial charge in [-0.3, -0.25) is 4.79 Å². The number of nitriles is 1. The fourth-order valence-corrected chi connectivity index (χ4v) is 6.21. The lowest BCUT2D eigenvalue weighted by Crippen LogP contribution is -2.38. The summed E-state index contributed by atoms with van der Waals surface area (Å²) in [6.45, 7) is 0.660. The molecule has 0 saturated carbocycles. The van der Waals surface area contributed by atoms with E-state index >= 15 is 0 Å². The van der Waals surface area contributed by atoms with Gasteiger partial charge in [0.1, 0.15) is 0 Å². The Bertz CT molecular complexity index is 1250. The van der Waals surface area contributed by atoms with E-state index < -0.39 is 32.5 Å². The summed E-state index contributed by atoms with van der Waals surface area (Å²) >= 11 is 0. The van der Waals surface area contributed by atoms with Crippen LogP contribution in [0.2, 0.25) is 0 Å². The molecule has 1 heterocycles. The zero-order valence-electron chi connectivity index (χ0n) is 18.3. The number of rotatable bonds is 8. The van der Waals surface area contributed by atoms with Crippen molar-refractivity contribution in [3.8, 4) is 6.07 Å². The molecule has 1 saturated heterocycles. The number of sulfonamides is 2. The zero-order chi connectivity index (χ0) is 24.1. The van der Waals surface area contributed by atoms with Gasteiger partial charge in [0.25, 0.3) is 0 Å². The number of piperidine rings is 1. The molecule has 0 aromatic heterocycles. The van der Waals surface area contributed by atoms with Crippen molar-refractivity contribution in [2.75, 3.05) is 26.7 Å². The van der Waals surface area contributed by atoms with Crippen LogP contribution in [0.15, 0.2) is 58.3 Å². The van der Waals surface area contributed by atoms with Crippen LogP contribution in [0, 0.1) is 11.3 Å². The normalized spacial score (nSPS) is 15.2. The molecule has 33 heavy (non-hydrogen) atoms. The topological polar surface area (TPSA) is 128 Å². The summed E-state index contributed by atoms with van der Waals surface area (Å²) in [4.78, 5) is 12.5. The van der Waals surface area contributed by atoms with Crippen LogP contribution in [0.1, 0.15) is 30.4 Å². The molecular weight excluding hydrogens is 464 g/mol. The Morgan fingerprint density at radius 2 is 1.70 bits per heavy atom. The maximum Gasteiger partial charge on any atom is 0.243 e. The molecule has 2 aromatic rings. The van der Waals surface area contributed by atoms with E-state index in [4.69, 9.17) is 5.26 Å². The Morgan fingerprint density at radius 3 is 2.33 bits per heavy atom. The summed E-state index contributed by atoms with van der Waals surface area (Å²) in [6.07, 6.45) is 2.70. The second kappa shape index (κ2) is 10.4. The molecule has 0 spiro atoms. The first kappa shape index (κ1) is 24.9. The molecule has 11 heteroatoms.